The fourth-order valence-corrected chi connectivity index (χ4v) is 3.02. The van der Waals surface area contributed by atoms with Crippen LogP contribution in [0.1, 0.15) is 30.6 Å². The lowest BCUT2D eigenvalue weighted by atomic mass is 9.88. The van der Waals surface area contributed by atoms with E-state index in [1.54, 1.807) is 12.1 Å². The Morgan fingerprint density at radius 2 is 1.81 bits per heavy atom. The lowest BCUT2D eigenvalue weighted by molar-refractivity contribution is 0.0625. The van der Waals surface area contributed by atoms with Crippen LogP contribution < -0.4 is 0 Å². The fraction of sp³-hybridized carbons (Fsp3) is 0.389. The van der Waals surface area contributed by atoms with Crippen LogP contribution >= 0.6 is 0 Å². The highest BCUT2D eigenvalue weighted by Gasteiger charge is 2.27. The molecule has 1 aliphatic heterocycles. The summed E-state index contributed by atoms with van der Waals surface area (Å²) in [7, 11) is 0. The molecule has 1 saturated heterocycles. The van der Waals surface area contributed by atoms with Crippen molar-refractivity contribution in [2.45, 2.75) is 20.3 Å². The number of piperidine rings is 1. The van der Waals surface area contributed by atoms with Crippen molar-refractivity contribution in [2.24, 2.45) is 11.8 Å². The Balaban J connectivity index is 1.92. The monoisotopic (exact) mass is 283 g/mol. The molecule has 3 nitrogen and oxygen atoms in total. The summed E-state index contributed by atoms with van der Waals surface area (Å²) in [5.41, 5.74) is 0.412. The van der Waals surface area contributed by atoms with Crippen molar-refractivity contribution in [2.75, 3.05) is 13.1 Å². The van der Waals surface area contributed by atoms with Gasteiger partial charge in [0.05, 0.1) is 5.56 Å². The Morgan fingerprint density at radius 3 is 2.48 bits per heavy atom. The van der Waals surface area contributed by atoms with E-state index < -0.39 is 0 Å². The molecule has 0 aliphatic carbocycles. The van der Waals surface area contributed by atoms with E-state index in [9.17, 15) is 9.90 Å². The van der Waals surface area contributed by atoms with E-state index in [4.69, 9.17) is 0 Å². The van der Waals surface area contributed by atoms with Gasteiger partial charge in [-0.3, -0.25) is 4.79 Å². The molecule has 2 aromatic carbocycles. The average Bonchev–Trinajstić information content (AvgIpc) is 2.48. The molecule has 1 N–H and O–H groups in total. The average molecular weight is 283 g/mol. The standard InChI is InChI=1S/C18H21NO2/c1-12-7-8-19(11-13(12)2)18(21)16-9-14-5-3-4-6-15(14)10-17(16)20/h3-6,9-10,12-13,20H,7-8,11H2,1-2H3. The fourth-order valence-electron chi connectivity index (χ4n) is 3.02. The van der Waals surface area contributed by atoms with E-state index in [1.165, 1.54) is 0 Å². The number of nitrogens with zero attached hydrogens (tertiary/aromatic N) is 1. The molecular weight excluding hydrogens is 262 g/mol. The summed E-state index contributed by atoms with van der Waals surface area (Å²) in [5.74, 6) is 1.17. The third-order valence-corrected chi connectivity index (χ3v) is 4.72. The van der Waals surface area contributed by atoms with E-state index in [-0.39, 0.29) is 11.7 Å². The number of rotatable bonds is 1. The molecule has 2 aromatic rings. The first-order valence-corrected chi connectivity index (χ1v) is 7.57. The van der Waals surface area contributed by atoms with Gasteiger partial charge in [-0.2, -0.15) is 0 Å². The summed E-state index contributed by atoms with van der Waals surface area (Å²) < 4.78 is 0. The van der Waals surface area contributed by atoms with Gasteiger partial charge < -0.3 is 10.0 Å². The van der Waals surface area contributed by atoms with Gasteiger partial charge in [0.25, 0.3) is 5.91 Å². The zero-order chi connectivity index (χ0) is 15.0. The highest BCUT2D eigenvalue weighted by molar-refractivity contribution is 6.01. The second kappa shape index (κ2) is 5.40. The molecular formula is C18H21NO2. The zero-order valence-corrected chi connectivity index (χ0v) is 12.5. The molecule has 3 rings (SSSR count). The summed E-state index contributed by atoms with van der Waals surface area (Å²) in [6.45, 7) is 5.97. The van der Waals surface area contributed by atoms with Crippen molar-refractivity contribution in [3.05, 3.63) is 42.0 Å². The molecule has 1 amide bonds. The van der Waals surface area contributed by atoms with Gasteiger partial charge in [0, 0.05) is 13.1 Å². The Hall–Kier alpha value is -2.03. The maximum Gasteiger partial charge on any atom is 0.257 e. The molecule has 0 radical (unpaired) electrons. The third-order valence-electron chi connectivity index (χ3n) is 4.72. The molecule has 2 unspecified atom stereocenters. The minimum Gasteiger partial charge on any atom is -0.507 e. The molecule has 0 saturated carbocycles. The van der Waals surface area contributed by atoms with E-state index in [2.05, 4.69) is 13.8 Å². The quantitative estimate of drug-likeness (QED) is 0.867. The number of phenols is 1. The first kappa shape index (κ1) is 13.9. The van der Waals surface area contributed by atoms with Gasteiger partial charge in [-0.05, 0) is 41.2 Å². The smallest absolute Gasteiger partial charge is 0.257 e. The van der Waals surface area contributed by atoms with E-state index in [0.717, 1.165) is 30.3 Å². The lowest BCUT2D eigenvalue weighted by Crippen LogP contribution is -2.42. The van der Waals surface area contributed by atoms with Crippen molar-refractivity contribution in [3.63, 3.8) is 0 Å². The van der Waals surface area contributed by atoms with Gasteiger partial charge in [0.15, 0.2) is 0 Å². The second-order valence-corrected chi connectivity index (χ2v) is 6.21. The van der Waals surface area contributed by atoms with Gasteiger partial charge in [-0.25, -0.2) is 0 Å². The molecule has 21 heavy (non-hydrogen) atoms. The van der Waals surface area contributed by atoms with Crippen LogP contribution in [0.4, 0.5) is 0 Å². The van der Waals surface area contributed by atoms with Crippen LogP contribution in [0.15, 0.2) is 36.4 Å². The van der Waals surface area contributed by atoms with Crippen LogP contribution in [0.25, 0.3) is 10.8 Å². The Morgan fingerprint density at radius 1 is 1.14 bits per heavy atom. The zero-order valence-electron chi connectivity index (χ0n) is 12.5. The summed E-state index contributed by atoms with van der Waals surface area (Å²) in [4.78, 5) is 14.6. The number of benzene rings is 2. The SMILES string of the molecule is CC1CCN(C(=O)c2cc3ccccc3cc2O)CC1C. The van der Waals surface area contributed by atoms with Crippen molar-refractivity contribution in [1.29, 1.82) is 0 Å². The number of hydrogen-bond donors (Lipinski definition) is 1. The van der Waals surface area contributed by atoms with Crippen LogP contribution in [0.3, 0.4) is 0 Å². The number of amides is 1. The highest BCUT2D eigenvalue weighted by atomic mass is 16.3. The van der Waals surface area contributed by atoms with Crippen LogP contribution in [-0.2, 0) is 0 Å². The van der Waals surface area contributed by atoms with Crippen LogP contribution in [0.2, 0.25) is 0 Å². The lowest BCUT2D eigenvalue weighted by Gasteiger charge is -2.35. The summed E-state index contributed by atoms with van der Waals surface area (Å²) >= 11 is 0. The Bertz CT molecular complexity index is 680. The van der Waals surface area contributed by atoms with E-state index in [1.807, 2.05) is 29.2 Å². The van der Waals surface area contributed by atoms with Crippen molar-refractivity contribution in [1.82, 2.24) is 4.90 Å². The van der Waals surface area contributed by atoms with Crippen LogP contribution in [0, 0.1) is 11.8 Å². The largest absolute Gasteiger partial charge is 0.507 e. The number of carbonyl (C=O) groups is 1. The van der Waals surface area contributed by atoms with Crippen molar-refractivity contribution < 1.29 is 9.90 Å². The summed E-state index contributed by atoms with van der Waals surface area (Å²) in [5, 5.41) is 12.1. The normalized spacial score (nSPS) is 22.5. The minimum atomic E-state index is -0.0583. The van der Waals surface area contributed by atoms with Gasteiger partial charge in [-0.1, -0.05) is 38.1 Å². The van der Waals surface area contributed by atoms with E-state index >= 15 is 0 Å². The molecule has 1 heterocycles. The van der Waals surface area contributed by atoms with Crippen LogP contribution in [0.5, 0.6) is 5.75 Å². The summed E-state index contributed by atoms with van der Waals surface area (Å²) in [6.07, 6.45) is 1.03. The predicted molar refractivity (Wildman–Crippen MR) is 84.5 cm³/mol. The number of carbonyl (C=O) groups excluding carboxylic acids is 1. The third kappa shape index (κ3) is 2.60. The first-order chi connectivity index (χ1) is 10.1. The molecule has 1 fully saturated rings. The Kier molecular flexibility index (Phi) is 3.58. The maximum atomic E-state index is 12.7. The van der Waals surface area contributed by atoms with Gasteiger partial charge in [0.2, 0.25) is 0 Å². The van der Waals surface area contributed by atoms with Gasteiger partial charge >= 0.3 is 0 Å². The number of hydrogen-bond acceptors (Lipinski definition) is 2. The maximum absolute atomic E-state index is 12.7. The molecule has 110 valence electrons. The molecule has 3 heteroatoms. The minimum absolute atomic E-state index is 0.0583. The first-order valence-electron chi connectivity index (χ1n) is 7.57. The molecule has 2 atom stereocenters. The van der Waals surface area contributed by atoms with E-state index in [0.29, 0.717) is 17.4 Å². The number of fused-ring (bicyclic) bond motifs is 1. The molecule has 0 bridgehead atoms. The van der Waals surface area contributed by atoms with Crippen molar-refractivity contribution >= 4 is 16.7 Å². The van der Waals surface area contributed by atoms with Gasteiger partial charge in [0.1, 0.15) is 5.75 Å². The number of likely N-dealkylation sites (tertiary alicyclic amines) is 1. The summed E-state index contributed by atoms with van der Waals surface area (Å²) in [6, 6.07) is 11.3. The topological polar surface area (TPSA) is 40.5 Å². The number of phenolic OH excluding ortho intramolecular Hbond substituents is 1. The molecule has 0 aromatic heterocycles. The Labute approximate surface area is 125 Å². The highest BCUT2D eigenvalue weighted by Crippen LogP contribution is 2.29. The van der Waals surface area contributed by atoms with Crippen LogP contribution in [-0.4, -0.2) is 29.0 Å². The number of aromatic hydroxyl groups is 1. The predicted octanol–water partition coefficient (Wildman–Crippen LogP) is 3.66. The molecule has 1 aliphatic rings. The van der Waals surface area contributed by atoms with Gasteiger partial charge in [-0.15, -0.1) is 0 Å². The second-order valence-electron chi connectivity index (χ2n) is 6.21. The molecule has 0 spiro atoms. The van der Waals surface area contributed by atoms with Crippen molar-refractivity contribution in [3.8, 4) is 5.75 Å².